The van der Waals surface area contributed by atoms with Crippen molar-refractivity contribution >= 4 is 22.5 Å². The predicted octanol–water partition coefficient (Wildman–Crippen LogP) is 3.67. The lowest BCUT2D eigenvalue weighted by Gasteiger charge is -2.17. The lowest BCUT2D eigenvalue weighted by atomic mass is 10.0. The van der Waals surface area contributed by atoms with E-state index < -0.39 is 0 Å². The molecule has 132 valence electrons. The fourth-order valence-electron chi connectivity index (χ4n) is 3.68. The molecule has 0 spiro atoms. The number of carbonyl (C=O) groups excluding carboxylic acids is 1. The molecule has 26 heavy (non-hydrogen) atoms. The fourth-order valence-corrected chi connectivity index (χ4v) is 3.68. The number of aryl methyl sites for hydroxylation is 3. The van der Waals surface area contributed by atoms with E-state index >= 15 is 0 Å². The number of pyridine rings is 1. The molecule has 0 atom stereocenters. The van der Waals surface area contributed by atoms with Crippen molar-refractivity contribution < 1.29 is 4.79 Å². The molecule has 0 saturated carbocycles. The molecule has 3 aromatic rings. The van der Waals surface area contributed by atoms with Crippen molar-refractivity contribution in [1.82, 2.24) is 4.98 Å². The van der Waals surface area contributed by atoms with Crippen molar-refractivity contribution in [3.63, 3.8) is 0 Å². The summed E-state index contributed by atoms with van der Waals surface area (Å²) in [5.74, 6) is 0.0783. The van der Waals surface area contributed by atoms with Crippen molar-refractivity contribution in [1.29, 1.82) is 0 Å². The highest BCUT2D eigenvalue weighted by Crippen LogP contribution is 2.28. The van der Waals surface area contributed by atoms with E-state index in [2.05, 4.69) is 24.0 Å². The number of fused-ring (bicyclic) bond motifs is 2. The molecule has 4 heteroatoms. The Morgan fingerprint density at radius 2 is 1.88 bits per heavy atom. The number of nitrogens with zero attached hydrogens (tertiary/aromatic N) is 1. The van der Waals surface area contributed by atoms with Gasteiger partial charge in [0, 0.05) is 29.7 Å². The number of aromatic nitrogens is 1. The highest BCUT2D eigenvalue weighted by molar-refractivity contribution is 5.95. The first kappa shape index (κ1) is 16.6. The van der Waals surface area contributed by atoms with Crippen LogP contribution in [0.1, 0.15) is 28.7 Å². The monoisotopic (exact) mass is 346 g/mol. The second-order valence-electron chi connectivity index (χ2n) is 7.07. The van der Waals surface area contributed by atoms with Gasteiger partial charge in [-0.2, -0.15) is 0 Å². The zero-order chi connectivity index (χ0) is 18.3. The maximum atomic E-state index is 12.7. The van der Waals surface area contributed by atoms with Crippen LogP contribution in [-0.2, 0) is 17.6 Å². The first-order chi connectivity index (χ1) is 12.5. The first-order valence-corrected chi connectivity index (χ1v) is 9.04. The van der Waals surface area contributed by atoms with E-state index in [1.165, 1.54) is 11.1 Å². The van der Waals surface area contributed by atoms with Crippen molar-refractivity contribution in [3.05, 3.63) is 75.1 Å². The van der Waals surface area contributed by atoms with Crippen LogP contribution in [0.2, 0.25) is 0 Å². The molecule has 0 saturated heterocycles. The molecule has 4 nitrogen and oxygen atoms in total. The molecule has 0 radical (unpaired) electrons. The van der Waals surface area contributed by atoms with E-state index in [4.69, 9.17) is 0 Å². The van der Waals surface area contributed by atoms with Gasteiger partial charge in [-0.1, -0.05) is 18.2 Å². The van der Waals surface area contributed by atoms with Gasteiger partial charge in [-0.25, -0.2) is 0 Å². The van der Waals surface area contributed by atoms with Crippen molar-refractivity contribution in [3.8, 4) is 0 Å². The van der Waals surface area contributed by atoms with E-state index in [0.717, 1.165) is 35.1 Å². The molecule has 0 bridgehead atoms. The molecule has 1 aliphatic rings. The topological polar surface area (TPSA) is 53.2 Å². The standard InChI is InChI=1S/C22H22N2O2/c1-14-11-18-13-17(22(26)23-19(18)12-15(14)2)7-8-21(25)24-10-9-16-5-3-4-6-20(16)24/h3-6,11-13H,7-10H2,1-2H3,(H,23,26). The van der Waals surface area contributed by atoms with Crippen molar-refractivity contribution in [2.75, 3.05) is 11.4 Å². The molecule has 0 fully saturated rings. The SMILES string of the molecule is Cc1cc2cc(CCC(=O)N3CCc4ccccc43)c(=O)[nH]c2cc1C. The number of rotatable bonds is 3. The summed E-state index contributed by atoms with van der Waals surface area (Å²) in [7, 11) is 0. The Labute approximate surface area is 152 Å². The van der Waals surface area contributed by atoms with Crippen LogP contribution < -0.4 is 10.5 Å². The molecule has 1 N–H and O–H groups in total. The Morgan fingerprint density at radius 1 is 1.12 bits per heavy atom. The number of nitrogens with one attached hydrogen (secondary N) is 1. The molecular formula is C22H22N2O2. The second-order valence-corrected chi connectivity index (χ2v) is 7.07. The summed E-state index contributed by atoms with van der Waals surface area (Å²) in [6.07, 6.45) is 1.70. The Hall–Kier alpha value is -2.88. The molecule has 4 rings (SSSR count). The first-order valence-electron chi connectivity index (χ1n) is 9.04. The summed E-state index contributed by atoms with van der Waals surface area (Å²) < 4.78 is 0. The molecule has 1 amide bonds. The van der Waals surface area contributed by atoms with Crippen LogP contribution >= 0.6 is 0 Å². The summed E-state index contributed by atoms with van der Waals surface area (Å²) >= 11 is 0. The quantitative estimate of drug-likeness (QED) is 0.787. The van der Waals surface area contributed by atoms with Gasteiger partial charge in [0.2, 0.25) is 5.91 Å². The minimum Gasteiger partial charge on any atom is -0.322 e. The van der Waals surface area contributed by atoms with Gasteiger partial charge in [-0.05, 0) is 73.0 Å². The lowest BCUT2D eigenvalue weighted by Crippen LogP contribution is -2.29. The second kappa shape index (κ2) is 6.45. The van der Waals surface area contributed by atoms with Crippen molar-refractivity contribution in [2.24, 2.45) is 0 Å². The zero-order valence-electron chi connectivity index (χ0n) is 15.1. The summed E-state index contributed by atoms with van der Waals surface area (Å²) in [5, 5.41) is 1.02. The Bertz CT molecular complexity index is 1070. The highest BCUT2D eigenvalue weighted by Gasteiger charge is 2.23. The third-order valence-electron chi connectivity index (χ3n) is 5.33. The van der Waals surface area contributed by atoms with Crippen LogP contribution in [0.3, 0.4) is 0 Å². The molecule has 0 unspecified atom stereocenters. The van der Waals surface area contributed by atoms with E-state index in [-0.39, 0.29) is 11.5 Å². The van der Waals surface area contributed by atoms with Crippen LogP contribution in [0.15, 0.2) is 47.3 Å². The lowest BCUT2D eigenvalue weighted by molar-refractivity contribution is -0.118. The van der Waals surface area contributed by atoms with Gasteiger partial charge in [0.15, 0.2) is 0 Å². The number of amides is 1. The zero-order valence-corrected chi connectivity index (χ0v) is 15.1. The normalized spacial score (nSPS) is 13.2. The summed E-state index contributed by atoms with van der Waals surface area (Å²) in [4.78, 5) is 29.8. The number of aromatic amines is 1. The van der Waals surface area contributed by atoms with E-state index in [9.17, 15) is 9.59 Å². The number of benzene rings is 2. The van der Waals surface area contributed by atoms with Crippen LogP contribution in [0, 0.1) is 13.8 Å². The highest BCUT2D eigenvalue weighted by atomic mass is 16.2. The third kappa shape index (κ3) is 2.92. The maximum Gasteiger partial charge on any atom is 0.251 e. The van der Waals surface area contributed by atoms with E-state index in [1.54, 1.807) is 0 Å². The van der Waals surface area contributed by atoms with Gasteiger partial charge in [-0.3, -0.25) is 9.59 Å². The van der Waals surface area contributed by atoms with Gasteiger partial charge in [0.05, 0.1) is 0 Å². The molecule has 1 aliphatic heterocycles. The summed E-state index contributed by atoms with van der Waals surface area (Å²) in [6.45, 7) is 4.83. The molecule has 0 aliphatic carbocycles. The van der Waals surface area contributed by atoms with E-state index in [1.807, 2.05) is 42.2 Å². The maximum absolute atomic E-state index is 12.7. The number of hydrogen-bond donors (Lipinski definition) is 1. The average Bonchev–Trinajstić information content (AvgIpc) is 3.05. The number of carbonyl (C=O) groups is 1. The fraction of sp³-hybridized carbons (Fsp3) is 0.273. The molecule has 1 aromatic heterocycles. The van der Waals surface area contributed by atoms with Gasteiger partial charge in [-0.15, -0.1) is 0 Å². The largest absolute Gasteiger partial charge is 0.322 e. The van der Waals surface area contributed by atoms with Crippen molar-refractivity contribution in [2.45, 2.75) is 33.1 Å². The van der Waals surface area contributed by atoms with E-state index in [0.29, 0.717) is 18.4 Å². The summed E-state index contributed by atoms with van der Waals surface area (Å²) in [5.41, 5.74) is 5.99. The van der Waals surface area contributed by atoms with Gasteiger partial charge in [0.25, 0.3) is 5.56 Å². The Kier molecular flexibility index (Phi) is 4.11. The number of H-pyrrole nitrogens is 1. The number of para-hydroxylation sites is 1. The van der Waals surface area contributed by atoms with Crippen LogP contribution in [0.4, 0.5) is 5.69 Å². The van der Waals surface area contributed by atoms with Crippen LogP contribution in [0.5, 0.6) is 0 Å². The number of anilines is 1. The third-order valence-corrected chi connectivity index (χ3v) is 5.33. The molecule has 2 heterocycles. The molecular weight excluding hydrogens is 324 g/mol. The Balaban J connectivity index is 1.55. The summed E-state index contributed by atoms with van der Waals surface area (Å²) in [6, 6.07) is 14.0. The van der Waals surface area contributed by atoms with Gasteiger partial charge >= 0.3 is 0 Å². The van der Waals surface area contributed by atoms with Gasteiger partial charge in [0.1, 0.15) is 0 Å². The number of hydrogen-bond acceptors (Lipinski definition) is 2. The van der Waals surface area contributed by atoms with Gasteiger partial charge < -0.3 is 9.88 Å². The predicted molar refractivity (Wildman–Crippen MR) is 105 cm³/mol. The average molecular weight is 346 g/mol. The van der Waals surface area contributed by atoms with Crippen LogP contribution in [0.25, 0.3) is 10.9 Å². The minimum atomic E-state index is -0.102. The smallest absolute Gasteiger partial charge is 0.251 e. The molecule has 2 aromatic carbocycles. The van der Waals surface area contributed by atoms with Crippen LogP contribution in [-0.4, -0.2) is 17.4 Å². The Morgan fingerprint density at radius 3 is 2.73 bits per heavy atom. The minimum absolute atomic E-state index is 0.0783.